The summed E-state index contributed by atoms with van der Waals surface area (Å²) in [5, 5.41) is 0. The fraction of sp³-hybridized carbons (Fsp3) is 0.368. The topological polar surface area (TPSA) is 65.1 Å². The molecule has 2 aliphatic rings. The standard InChI is InChI=1S/C19H21NO5S/c1-23-15-5-7-16(8-6-15)26(21,22)20-10-2-3-17(20)14-4-9-18-19(13-14)25-12-11-24-18/h4-9,13,17H,2-3,10-12H2,1H3/t17-/m0/s1. The molecular weight excluding hydrogens is 354 g/mol. The molecule has 26 heavy (non-hydrogen) atoms. The van der Waals surface area contributed by atoms with Crippen molar-refractivity contribution in [3.8, 4) is 17.2 Å². The average molecular weight is 375 g/mol. The van der Waals surface area contributed by atoms with Crippen LogP contribution in [0, 0.1) is 0 Å². The van der Waals surface area contributed by atoms with Crippen LogP contribution < -0.4 is 14.2 Å². The Morgan fingerprint density at radius 2 is 1.77 bits per heavy atom. The van der Waals surface area contributed by atoms with Crippen molar-refractivity contribution >= 4 is 10.0 Å². The van der Waals surface area contributed by atoms with Crippen molar-refractivity contribution in [2.24, 2.45) is 0 Å². The Hall–Kier alpha value is -2.25. The monoisotopic (exact) mass is 375 g/mol. The molecule has 138 valence electrons. The van der Waals surface area contributed by atoms with Crippen molar-refractivity contribution < 1.29 is 22.6 Å². The minimum Gasteiger partial charge on any atom is -0.497 e. The highest BCUT2D eigenvalue weighted by Gasteiger charge is 2.36. The van der Waals surface area contributed by atoms with Gasteiger partial charge in [0.2, 0.25) is 10.0 Å². The van der Waals surface area contributed by atoms with Gasteiger partial charge in [-0.05, 0) is 54.8 Å². The molecule has 2 aromatic rings. The largest absolute Gasteiger partial charge is 0.497 e. The van der Waals surface area contributed by atoms with Crippen LogP contribution in [-0.4, -0.2) is 39.6 Å². The average Bonchev–Trinajstić information content (AvgIpc) is 3.18. The van der Waals surface area contributed by atoms with E-state index in [4.69, 9.17) is 14.2 Å². The molecular formula is C19H21NO5S. The van der Waals surface area contributed by atoms with Gasteiger partial charge < -0.3 is 14.2 Å². The van der Waals surface area contributed by atoms with E-state index in [2.05, 4.69) is 0 Å². The molecule has 0 spiro atoms. The predicted molar refractivity (Wildman–Crippen MR) is 96.3 cm³/mol. The molecule has 0 N–H and O–H groups in total. The van der Waals surface area contributed by atoms with E-state index in [-0.39, 0.29) is 10.9 Å². The van der Waals surface area contributed by atoms with Gasteiger partial charge in [0, 0.05) is 6.54 Å². The molecule has 0 aliphatic carbocycles. The molecule has 7 heteroatoms. The summed E-state index contributed by atoms with van der Waals surface area (Å²) in [6, 6.07) is 12.0. The summed E-state index contributed by atoms with van der Waals surface area (Å²) in [4.78, 5) is 0.280. The van der Waals surface area contributed by atoms with Crippen molar-refractivity contribution in [1.29, 1.82) is 0 Å². The van der Waals surface area contributed by atoms with Crippen LogP contribution in [-0.2, 0) is 10.0 Å². The number of sulfonamides is 1. The Morgan fingerprint density at radius 1 is 1.04 bits per heavy atom. The van der Waals surface area contributed by atoms with Crippen molar-refractivity contribution in [3.63, 3.8) is 0 Å². The molecule has 2 heterocycles. The molecule has 0 unspecified atom stereocenters. The molecule has 0 amide bonds. The third-order valence-corrected chi connectivity index (χ3v) is 6.74. The van der Waals surface area contributed by atoms with E-state index < -0.39 is 10.0 Å². The Balaban J connectivity index is 1.65. The maximum absolute atomic E-state index is 13.1. The maximum Gasteiger partial charge on any atom is 0.243 e. The van der Waals surface area contributed by atoms with Crippen LogP contribution in [0.4, 0.5) is 0 Å². The first kappa shape index (κ1) is 17.2. The molecule has 6 nitrogen and oxygen atoms in total. The number of nitrogens with zero attached hydrogens (tertiary/aromatic N) is 1. The van der Waals surface area contributed by atoms with E-state index >= 15 is 0 Å². The Morgan fingerprint density at radius 3 is 2.50 bits per heavy atom. The molecule has 1 atom stereocenters. The van der Waals surface area contributed by atoms with Crippen LogP contribution in [0.25, 0.3) is 0 Å². The van der Waals surface area contributed by atoms with Crippen LogP contribution in [0.15, 0.2) is 47.4 Å². The molecule has 2 aromatic carbocycles. The van der Waals surface area contributed by atoms with E-state index in [1.165, 1.54) is 0 Å². The number of rotatable bonds is 4. The SMILES string of the molecule is COc1ccc(S(=O)(=O)N2CCC[C@H]2c2ccc3c(c2)OCCO3)cc1. The van der Waals surface area contributed by atoms with Crippen molar-refractivity contribution in [3.05, 3.63) is 48.0 Å². The normalized spacial score (nSPS) is 20.1. The first-order valence-corrected chi connectivity index (χ1v) is 10.1. The highest BCUT2D eigenvalue weighted by Crippen LogP contribution is 2.40. The van der Waals surface area contributed by atoms with E-state index in [0.29, 0.717) is 37.0 Å². The molecule has 0 bridgehead atoms. The second-order valence-electron chi connectivity index (χ2n) is 6.35. The third-order valence-electron chi connectivity index (χ3n) is 4.82. The van der Waals surface area contributed by atoms with Gasteiger partial charge in [-0.25, -0.2) is 8.42 Å². The lowest BCUT2D eigenvalue weighted by molar-refractivity contribution is 0.171. The van der Waals surface area contributed by atoms with Crippen LogP contribution in [0.5, 0.6) is 17.2 Å². The molecule has 0 saturated carbocycles. The van der Waals surface area contributed by atoms with Gasteiger partial charge in [-0.1, -0.05) is 6.07 Å². The van der Waals surface area contributed by atoms with Crippen LogP contribution in [0.2, 0.25) is 0 Å². The maximum atomic E-state index is 13.1. The highest BCUT2D eigenvalue weighted by molar-refractivity contribution is 7.89. The zero-order valence-electron chi connectivity index (χ0n) is 14.6. The molecule has 0 radical (unpaired) electrons. The first-order valence-electron chi connectivity index (χ1n) is 8.65. The van der Waals surface area contributed by atoms with Crippen LogP contribution in [0.1, 0.15) is 24.4 Å². The Bertz CT molecular complexity index is 895. The summed E-state index contributed by atoms with van der Waals surface area (Å²) >= 11 is 0. The number of hydrogen-bond donors (Lipinski definition) is 0. The van der Waals surface area contributed by atoms with Gasteiger partial charge in [-0.2, -0.15) is 4.31 Å². The molecule has 2 aliphatic heterocycles. The molecule has 1 fully saturated rings. The summed E-state index contributed by atoms with van der Waals surface area (Å²) in [6.07, 6.45) is 1.61. The van der Waals surface area contributed by atoms with Gasteiger partial charge in [0.15, 0.2) is 11.5 Å². The van der Waals surface area contributed by atoms with Gasteiger partial charge >= 0.3 is 0 Å². The fourth-order valence-corrected chi connectivity index (χ4v) is 5.19. The van der Waals surface area contributed by atoms with Crippen LogP contribution in [0.3, 0.4) is 0 Å². The van der Waals surface area contributed by atoms with E-state index in [0.717, 1.165) is 18.4 Å². The number of methoxy groups -OCH3 is 1. The lowest BCUT2D eigenvalue weighted by Gasteiger charge is -2.26. The summed E-state index contributed by atoms with van der Waals surface area (Å²) < 4.78 is 44.2. The summed E-state index contributed by atoms with van der Waals surface area (Å²) in [7, 11) is -2.02. The zero-order valence-corrected chi connectivity index (χ0v) is 15.4. The summed E-state index contributed by atoms with van der Waals surface area (Å²) in [6.45, 7) is 1.55. The molecule has 0 aromatic heterocycles. The Kier molecular flexibility index (Phi) is 4.50. The number of hydrogen-bond acceptors (Lipinski definition) is 5. The van der Waals surface area contributed by atoms with Crippen molar-refractivity contribution in [2.75, 3.05) is 26.9 Å². The minimum absolute atomic E-state index is 0.196. The second kappa shape index (κ2) is 6.81. The van der Waals surface area contributed by atoms with Gasteiger partial charge in [0.25, 0.3) is 0 Å². The van der Waals surface area contributed by atoms with E-state index in [1.54, 1.807) is 35.7 Å². The van der Waals surface area contributed by atoms with E-state index in [9.17, 15) is 8.42 Å². The summed E-state index contributed by atoms with van der Waals surface area (Å²) in [5.74, 6) is 2.03. The summed E-state index contributed by atoms with van der Waals surface area (Å²) in [5.41, 5.74) is 0.934. The lowest BCUT2D eigenvalue weighted by atomic mass is 10.0. The highest BCUT2D eigenvalue weighted by atomic mass is 32.2. The first-order chi connectivity index (χ1) is 12.6. The number of ether oxygens (including phenoxy) is 3. The fourth-order valence-electron chi connectivity index (χ4n) is 3.51. The smallest absolute Gasteiger partial charge is 0.243 e. The van der Waals surface area contributed by atoms with Gasteiger partial charge in [0.1, 0.15) is 19.0 Å². The van der Waals surface area contributed by atoms with Crippen molar-refractivity contribution in [2.45, 2.75) is 23.8 Å². The van der Waals surface area contributed by atoms with Gasteiger partial charge in [-0.3, -0.25) is 0 Å². The minimum atomic E-state index is -3.58. The Labute approximate surface area is 153 Å². The predicted octanol–water partition coefficient (Wildman–Crippen LogP) is 2.99. The van der Waals surface area contributed by atoms with E-state index in [1.807, 2.05) is 18.2 Å². The molecule has 4 rings (SSSR count). The molecule has 1 saturated heterocycles. The quantitative estimate of drug-likeness (QED) is 0.822. The zero-order chi connectivity index (χ0) is 18.1. The van der Waals surface area contributed by atoms with Gasteiger partial charge in [0.05, 0.1) is 18.0 Å². The number of fused-ring (bicyclic) bond motifs is 1. The third kappa shape index (κ3) is 3.01. The number of benzene rings is 2. The van der Waals surface area contributed by atoms with Crippen LogP contribution >= 0.6 is 0 Å². The van der Waals surface area contributed by atoms with Gasteiger partial charge in [-0.15, -0.1) is 0 Å². The lowest BCUT2D eigenvalue weighted by Crippen LogP contribution is -2.30. The van der Waals surface area contributed by atoms with Crippen molar-refractivity contribution in [1.82, 2.24) is 4.31 Å². The second-order valence-corrected chi connectivity index (χ2v) is 8.24.